The van der Waals surface area contributed by atoms with Gasteiger partial charge in [0.1, 0.15) is 4.75 Å². The summed E-state index contributed by atoms with van der Waals surface area (Å²) in [4.78, 5) is 12.3. The molecule has 1 heterocycles. The molecule has 2 N–H and O–H groups in total. The molecular formula is C15H24N2O5S. The summed E-state index contributed by atoms with van der Waals surface area (Å²) in [7, 11) is -3.62. The van der Waals surface area contributed by atoms with Gasteiger partial charge in [0.25, 0.3) is 0 Å². The molecule has 23 heavy (non-hydrogen) atoms. The Bertz CT molecular complexity index is 674. The van der Waals surface area contributed by atoms with Crippen LogP contribution in [0.15, 0.2) is 17.2 Å². The van der Waals surface area contributed by atoms with E-state index in [-0.39, 0.29) is 29.9 Å². The topological polar surface area (TPSA) is 110 Å². The summed E-state index contributed by atoms with van der Waals surface area (Å²) < 4.78 is 28.1. The Labute approximate surface area is 136 Å². The molecule has 1 amide bonds. The van der Waals surface area contributed by atoms with E-state index >= 15 is 0 Å². The van der Waals surface area contributed by atoms with Crippen LogP contribution in [0.3, 0.4) is 0 Å². The lowest BCUT2D eigenvalue weighted by molar-refractivity contribution is -0.117. The molecule has 8 heteroatoms. The van der Waals surface area contributed by atoms with E-state index in [1.54, 1.807) is 0 Å². The number of aliphatic hydroxyl groups excluding tert-OH is 1. The maximum Gasteiger partial charge on any atom is 0.246 e. The fraction of sp³-hybridized carbons (Fsp3) is 0.600. The maximum atomic E-state index is 12.4. The van der Waals surface area contributed by atoms with Gasteiger partial charge in [-0.25, -0.2) is 8.42 Å². The number of rotatable bonds is 8. The summed E-state index contributed by atoms with van der Waals surface area (Å²) in [5, 5.41) is 15.0. The van der Waals surface area contributed by atoms with Crippen LogP contribution in [0.4, 0.5) is 5.82 Å². The Morgan fingerprint density at radius 1 is 1.48 bits per heavy atom. The number of hydrogen-bond acceptors (Lipinski definition) is 6. The monoisotopic (exact) mass is 344 g/mol. The van der Waals surface area contributed by atoms with Gasteiger partial charge < -0.3 is 14.9 Å². The average molecular weight is 344 g/mol. The van der Waals surface area contributed by atoms with Gasteiger partial charge in [-0.05, 0) is 26.2 Å². The molecule has 0 bridgehead atoms. The van der Waals surface area contributed by atoms with E-state index in [2.05, 4.69) is 17.1 Å². The molecule has 0 atom stereocenters. The smallest absolute Gasteiger partial charge is 0.246 e. The number of anilines is 1. The van der Waals surface area contributed by atoms with E-state index in [1.807, 2.05) is 13.8 Å². The van der Waals surface area contributed by atoms with Gasteiger partial charge >= 0.3 is 0 Å². The highest BCUT2D eigenvalue weighted by Gasteiger charge is 2.41. The molecule has 0 radical (unpaired) electrons. The third-order valence-electron chi connectivity index (χ3n) is 3.58. The molecule has 1 aromatic heterocycles. The van der Waals surface area contributed by atoms with Gasteiger partial charge in [-0.2, -0.15) is 0 Å². The normalized spacial score (nSPS) is 12.4. The average Bonchev–Trinajstić information content (AvgIpc) is 2.92. The van der Waals surface area contributed by atoms with Crippen LogP contribution in [-0.2, 0) is 14.6 Å². The molecule has 1 aromatic rings. The van der Waals surface area contributed by atoms with E-state index in [1.165, 1.54) is 19.9 Å². The molecule has 0 saturated heterocycles. The predicted octanol–water partition coefficient (Wildman–Crippen LogP) is 1.86. The standard InChI is InChI=1S/C15H24N2O5S/c1-10(2)6-7-23(20,21)15(4,5)14(19)16-13-8-12(22-17-13)11(3)9-18/h8,10,18H,3,6-7,9H2,1-2,4-5H3,(H,16,17,19). The molecule has 1 rings (SSSR count). The highest BCUT2D eigenvalue weighted by Crippen LogP contribution is 2.23. The van der Waals surface area contributed by atoms with Gasteiger partial charge in [0.15, 0.2) is 21.4 Å². The van der Waals surface area contributed by atoms with Gasteiger partial charge in [-0.15, -0.1) is 0 Å². The van der Waals surface area contributed by atoms with Crippen molar-refractivity contribution >= 4 is 27.1 Å². The van der Waals surface area contributed by atoms with Gasteiger partial charge in [0.05, 0.1) is 12.4 Å². The Balaban J connectivity index is 2.86. The molecule has 0 aliphatic rings. The van der Waals surface area contributed by atoms with Gasteiger partial charge in [0.2, 0.25) is 5.91 Å². The highest BCUT2D eigenvalue weighted by molar-refractivity contribution is 7.93. The van der Waals surface area contributed by atoms with Crippen LogP contribution in [0.25, 0.3) is 5.57 Å². The second-order valence-corrected chi connectivity index (χ2v) is 8.96. The number of carbonyl (C=O) groups excluding carboxylic acids is 1. The molecular weight excluding hydrogens is 320 g/mol. The fourth-order valence-corrected chi connectivity index (χ4v) is 3.26. The molecule has 0 aliphatic heterocycles. The van der Waals surface area contributed by atoms with Crippen LogP contribution >= 0.6 is 0 Å². The van der Waals surface area contributed by atoms with Crippen molar-refractivity contribution in [3.63, 3.8) is 0 Å². The summed E-state index contributed by atoms with van der Waals surface area (Å²) in [5.74, 6) is -0.215. The first-order valence-corrected chi connectivity index (χ1v) is 8.96. The number of nitrogens with one attached hydrogen (secondary N) is 1. The van der Waals surface area contributed by atoms with Crippen LogP contribution in [0.2, 0.25) is 0 Å². The van der Waals surface area contributed by atoms with Crippen LogP contribution in [0.1, 0.15) is 39.9 Å². The summed E-state index contributed by atoms with van der Waals surface area (Å²) in [6, 6.07) is 1.38. The molecule has 0 fully saturated rings. The second-order valence-electron chi connectivity index (χ2n) is 6.30. The van der Waals surface area contributed by atoms with Crippen molar-refractivity contribution in [1.82, 2.24) is 5.16 Å². The van der Waals surface area contributed by atoms with Crippen LogP contribution in [0, 0.1) is 5.92 Å². The first kappa shape index (κ1) is 19.4. The number of amides is 1. The predicted molar refractivity (Wildman–Crippen MR) is 88.6 cm³/mol. The van der Waals surface area contributed by atoms with Crippen LogP contribution in [0.5, 0.6) is 0 Å². The summed E-state index contributed by atoms with van der Waals surface area (Å²) >= 11 is 0. The van der Waals surface area contributed by atoms with Crippen molar-refractivity contribution in [3.8, 4) is 0 Å². The Morgan fingerprint density at radius 3 is 2.61 bits per heavy atom. The number of aromatic nitrogens is 1. The van der Waals surface area contributed by atoms with Crippen molar-refractivity contribution in [2.45, 2.75) is 38.9 Å². The van der Waals surface area contributed by atoms with Crippen molar-refractivity contribution in [2.24, 2.45) is 5.92 Å². The largest absolute Gasteiger partial charge is 0.392 e. The summed E-state index contributed by atoms with van der Waals surface area (Å²) in [6.45, 7) is 9.85. The van der Waals surface area contributed by atoms with Gasteiger partial charge in [-0.1, -0.05) is 25.6 Å². The maximum absolute atomic E-state index is 12.4. The number of sulfone groups is 1. The van der Waals surface area contributed by atoms with Crippen LogP contribution in [-0.4, -0.2) is 41.7 Å². The zero-order valence-electron chi connectivity index (χ0n) is 13.9. The number of hydrogen-bond donors (Lipinski definition) is 2. The SMILES string of the molecule is C=C(CO)c1cc(NC(=O)C(C)(C)S(=O)(=O)CCC(C)C)no1. The van der Waals surface area contributed by atoms with Gasteiger partial charge in [0, 0.05) is 11.6 Å². The summed E-state index contributed by atoms with van der Waals surface area (Å²) in [5.41, 5.74) is 0.307. The minimum absolute atomic E-state index is 0.0591. The highest BCUT2D eigenvalue weighted by atomic mass is 32.2. The molecule has 7 nitrogen and oxygen atoms in total. The van der Waals surface area contributed by atoms with Crippen molar-refractivity contribution in [3.05, 3.63) is 18.4 Å². The van der Waals surface area contributed by atoms with Crippen molar-refractivity contribution in [1.29, 1.82) is 0 Å². The fourth-order valence-electron chi connectivity index (χ4n) is 1.63. The first-order valence-electron chi connectivity index (χ1n) is 7.30. The minimum Gasteiger partial charge on any atom is -0.392 e. The number of aliphatic hydroxyl groups is 1. The Kier molecular flexibility index (Phi) is 6.12. The van der Waals surface area contributed by atoms with E-state index in [9.17, 15) is 13.2 Å². The lowest BCUT2D eigenvalue weighted by Gasteiger charge is -2.23. The second kappa shape index (κ2) is 7.27. The molecule has 0 aliphatic carbocycles. The molecule has 0 aromatic carbocycles. The summed E-state index contributed by atoms with van der Waals surface area (Å²) in [6.07, 6.45) is 0.490. The number of carbonyl (C=O) groups is 1. The third-order valence-corrected chi connectivity index (χ3v) is 6.09. The third kappa shape index (κ3) is 4.65. The molecule has 0 spiro atoms. The molecule has 0 unspecified atom stereocenters. The first-order chi connectivity index (χ1) is 10.5. The quantitative estimate of drug-likeness (QED) is 0.745. The zero-order chi connectivity index (χ0) is 17.8. The van der Waals surface area contributed by atoms with E-state index < -0.39 is 20.5 Å². The number of nitrogens with zero attached hydrogens (tertiary/aromatic N) is 1. The minimum atomic E-state index is -3.62. The lowest BCUT2D eigenvalue weighted by atomic mass is 10.2. The van der Waals surface area contributed by atoms with Crippen molar-refractivity contribution in [2.75, 3.05) is 17.7 Å². The van der Waals surface area contributed by atoms with E-state index in [0.29, 0.717) is 12.0 Å². The van der Waals surface area contributed by atoms with Crippen molar-refractivity contribution < 1.29 is 22.8 Å². The van der Waals surface area contributed by atoms with Gasteiger partial charge in [-0.3, -0.25) is 4.79 Å². The zero-order valence-corrected chi connectivity index (χ0v) is 14.7. The molecule has 130 valence electrons. The van der Waals surface area contributed by atoms with E-state index in [4.69, 9.17) is 9.63 Å². The lowest BCUT2D eigenvalue weighted by Crippen LogP contribution is -2.45. The Hall–Kier alpha value is -1.67. The molecule has 0 saturated carbocycles. The van der Waals surface area contributed by atoms with E-state index in [0.717, 1.165) is 0 Å². The van der Waals surface area contributed by atoms with Crippen LogP contribution < -0.4 is 5.32 Å². The Morgan fingerprint density at radius 2 is 2.09 bits per heavy atom.